The molecule has 0 spiro atoms. The van der Waals surface area contributed by atoms with Gasteiger partial charge in [-0.15, -0.1) is 0 Å². The molecule has 1 fully saturated rings. The van der Waals surface area contributed by atoms with Crippen molar-refractivity contribution in [3.8, 4) is 0 Å². The summed E-state index contributed by atoms with van der Waals surface area (Å²) in [5.41, 5.74) is 0.854. The number of benzene rings is 1. The standard InChI is InChI=1S/C17H22N2O5/c1-12(15(20)19-9-5-8-14(10-19)16(21)22)18-17(23)24-11-13-6-3-2-4-7-13/h2-4,6-7,12,14H,5,8-11H2,1H3,(H,18,23)(H,21,22). The van der Waals surface area contributed by atoms with Gasteiger partial charge in [-0.05, 0) is 25.3 Å². The van der Waals surface area contributed by atoms with Crippen molar-refractivity contribution in [2.75, 3.05) is 13.1 Å². The number of carboxylic acid groups (broad SMARTS) is 1. The van der Waals surface area contributed by atoms with Gasteiger partial charge >= 0.3 is 12.1 Å². The quantitative estimate of drug-likeness (QED) is 0.853. The third kappa shape index (κ3) is 4.97. The Bertz CT molecular complexity index is 590. The van der Waals surface area contributed by atoms with Crippen LogP contribution in [0.5, 0.6) is 0 Å². The lowest BCUT2D eigenvalue weighted by molar-refractivity contribution is -0.146. The van der Waals surface area contributed by atoms with Gasteiger partial charge in [-0.25, -0.2) is 4.79 Å². The van der Waals surface area contributed by atoms with E-state index < -0.39 is 24.0 Å². The predicted molar refractivity (Wildman–Crippen MR) is 86.2 cm³/mol. The third-order valence-electron chi connectivity index (χ3n) is 4.00. The number of hydrogen-bond donors (Lipinski definition) is 2. The van der Waals surface area contributed by atoms with Gasteiger partial charge < -0.3 is 20.1 Å². The normalized spacial score (nSPS) is 18.5. The van der Waals surface area contributed by atoms with Gasteiger partial charge in [-0.3, -0.25) is 9.59 Å². The molecule has 1 aliphatic rings. The van der Waals surface area contributed by atoms with Gasteiger partial charge in [0, 0.05) is 13.1 Å². The van der Waals surface area contributed by atoms with Crippen LogP contribution in [0, 0.1) is 5.92 Å². The highest BCUT2D eigenvalue weighted by molar-refractivity contribution is 5.85. The second-order valence-electron chi connectivity index (χ2n) is 5.89. The van der Waals surface area contributed by atoms with E-state index in [2.05, 4.69) is 5.32 Å². The first kappa shape index (κ1) is 17.8. The maximum atomic E-state index is 12.3. The zero-order valence-electron chi connectivity index (χ0n) is 13.6. The van der Waals surface area contributed by atoms with Crippen LogP contribution in [0.4, 0.5) is 4.79 Å². The van der Waals surface area contributed by atoms with Gasteiger partial charge in [0.2, 0.25) is 5.91 Å². The molecular formula is C17H22N2O5. The Morgan fingerprint density at radius 2 is 2.04 bits per heavy atom. The fourth-order valence-corrected chi connectivity index (χ4v) is 2.66. The Morgan fingerprint density at radius 1 is 1.33 bits per heavy atom. The summed E-state index contributed by atoms with van der Waals surface area (Å²) in [7, 11) is 0. The average molecular weight is 334 g/mol. The molecule has 7 heteroatoms. The number of aliphatic carboxylic acids is 1. The Morgan fingerprint density at radius 3 is 2.71 bits per heavy atom. The number of piperidine rings is 1. The molecule has 7 nitrogen and oxygen atoms in total. The van der Waals surface area contributed by atoms with E-state index in [1.54, 1.807) is 6.92 Å². The highest BCUT2D eigenvalue weighted by Crippen LogP contribution is 2.17. The first-order valence-corrected chi connectivity index (χ1v) is 7.96. The van der Waals surface area contributed by atoms with Crippen LogP contribution < -0.4 is 5.32 Å². The molecule has 2 rings (SSSR count). The van der Waals surface area contributed by atoms with Crippen LogP contribution in [0.2, 0.25) is 0 Å². The molecule has 0 aliphatic carbocycles. The average Bonchev–Trinajstić information content (AvgIpc) is 2.60. The van der Waals surface area contributed by atoms with Crippen LogP contribution in [0.3, 0.4) is 0 Å². The lowest BCUT2D eigenvalue weighted by Gasteiger charge is -2.32. The van der Waals surface area contributed by atoms with E-state index in [-0.39, 0.29) is 19.1 Å². The third-order valence-corrected chi connectivity index (χ3v) is 4.00. The fourth-order valence-electron chi connectivity index (χ4n) is 2.66. The van der Waals surface area contributed by atoms with Gasteiger partial charge in [-0.1, -0.05) is 30.3 Å². The molecule has 0 saturated carbocycles. The molecule has 0 radical (unpaired) electrons. The minimum absolute atomic E-state index is 0.123. The maximum absolute atomic E-state index is 12.3. The van der Waals surface area contributed by atoms with Gasteiger partial charge in [0.15, 0.2) is 0 Å². The zero-order chi connectivity index (χ0) is 17.5. The van der Waals surface area contributed by atoms with Crippen molar-refractivity contribution in [2.45, 2.75) is 32.4 Å². The molecule has 2 unspecified atom stereocenters. The number of carbonyl (C=O) groups excluding carboxylic acids is 2. The number of carboxylic acids is 1. The molecule has 130 valence electrons. The number of rotatable bonds is 5. The van der Waals surface area contributed by atoms with Crippen LogP contribution in [0.1, 0.15) is 25.3 Å². The van der Waals surface area contributed by atoms with Crippen LogP contribution in [-0.4, -0.2) is 47.1 Å². The van der Waals surface area contributed by atoms with Gasteiger partial charge in [0.1, 0.15) is 12.6 Å². The minimum Gasteiger partial charge on any atom is -0.481 e. The monoisotopic (exact) mass is 334 g/mol. The number of hydrogen-bond acceptors (Lipinski definition) is 4. The van der Waals surface area contributed by atoms with Crippen LogP contribution >= 0.6 is 0 Å². The first-order chi connectivity index (χ1) is 11.5. The summed E-state index contributed by atoms with van der Waals surface area (Å²) in [6, 6.07) is 8.47. The number of ether oxygens (including phenoxy) is 1. The summed E-state index contributed by atoms with van der Waals surface area (Å²) < 4.78 is 5.08. The molecule has 1 aromatic rings. The Hall–Kier alpha value is -2.57. The largest absolute Gasteiger partial charge is 0.481 e. The molecule has 0 bridgehead atoms. The lowest BCUT2D eigenvalue weighted by atomic mass is 9.98. The number of nitrogens with zero attached hydrogens (tertiary/aromatic N) is 1. The van der Waals surface area contributed by atoms with E-state index in [9.17, 15) is 14.4 Å². The summed E-state index contributed by atoms with van der Waals surface area (Å²) in [4.78, 5) is 36.7. The van der Waals surface area contributed by atoms with E-state index in [1.165, 1.54) is 4.90 Å². The second kappa shape index (κ2) is 8.33. The van der Waals surface area contributed by atoms with Gasteiger partial charge in [0.05, 0.1) is 5.92 Å². The smallest absolute Gasteiger partial charge is 0.408 e. The highest BCUT2D eigenvalue weighted by atomic mass is 16.5. The highest BCUT2D eigenvalue weighted by Gasteiger charge is 2.30. The second-order valence-corrected chi connectivity index (χ2v) is 5.89. The number of alkyl carbamates (subject to hydrolysis) is 1. The predicted octanol–water partition coefficient (Wildman–Crippen LogP) is 1.62. The SMILES string of the molecule is CC(NC(=O)OCc1ccccc1)C(=O)N1CCCC(C(=O)O)C1. The summed E-state index contributed by atoms with van der Waals surface area (Å²) >= 11 is 0. The molecule has 1 saturated heterocycles. The molecule has 2 N–H and O–H groups in total. The molecule has 2 atom stereocenters. The number of likely N-dealkylation sites (tertiary alicyclic amines) is 1. The van der Waals surface area contributed by atoms with Gasteiger partial charge in [-0.2, -0.15) is 0 Å². The van der Waals surface area contributed by atoms with E-state index in [1.807, 2.05) is 30.3 Å². The van der Waals surface area contributed by atoms with E-state index >= 15 is 0 Å². The fraction of sp³-hybridized carbons (Fsp3) is 0.471. The van der Waals surface area contributed by atoms with E-state index in [4.69, 9.17) is 9.84 Å². The lowest BCUT2D eigenvalue weighted by Crippen LogP contribution is -2.51. The molecule has 24 heavy (non-hydrogen) atoms. The van der Waals surface area contributed by atoms with Crippen LogP contribution in [0.25, 0.3) is 0 Å². The molecule has 1 heterocycles. The zero-order valence-corrected chi connectivity index (χ0v) is 13.6. The molecule has 1 aromatic carbocycles. The Kier molecular flexibility index (Phi) is 6.17. The maximum Gasteiger partial charge on any atom is 0.408 e. The van der Waals surface area contributed by atoms with Crippen molar-refractivity contribution >= 4 is 18.0 Å². The van der Waals surface area contributed by atoms with Crippen molar-refractivity contribution in [1.82, 2.24) is 10.2 Å². The minimum atomic E-state index is -0.893. The van der Waals surface area contributed by atoms with Crippen LogP contribution in [0.15, 0.2) is 30.3 Å². The molecule has 0 aromatic heterocycles. The van der Waals surface area contributed by atoms with Gasteiger partial charge in [0.25, 0.3) is 0 Å². The van der Waals surface area contributed by atoms with Crippen molar-refractivity contribution in [3.05, 3.63) is 35.9 Å². The van der Waals surface area contributed by atoms with Crippen molar-refractivity contribution in [1.29, 1.82) is 0 Å². The Balaban J connectivity index is 1.80. The van der Waals surface area contributed by atoms with E-state index in [0.717, 1.165) is 5.56 Å². The topological polar surface area (TPSA) is 95.9 Å². The number of carbonyl (C=O) groups is 3. The summed E-state index contributed by atoms with van der Waals surface area (Å²) in [5, 5.41) is 11.6. The molecule has 1 aliphatic heterocycles. The molecular weight excluding hydrogens is 312 g/mol. The van der Waals surface area contributed by atoms with Crippen molar-refractivity contribution in [2.24, 2.45) is 5.92 Å². The number of nitrogens with one attached hydrogen (secondary N) is 1. The van der Waals surface area contributed by atoms with E-state index in [0.29, 0.717) is 19.4 Å². The number of amides is 2. The Labute approximate surface area is 140 Å². The summed E-state index contributed by atoms with van der Waals surface area (Å²) in [5.74, 6) is -1.73. The van der Waals surface area contributed by atoms with Crippen molar-refractivity contribution < 1.29 is 24.2 Å². The summed E-state index contributed by atoms with van der Waals surface area (Å²) in [6.07, 6.45) is 0.542. The molecule has 2 amide bonds. The first-order valence-electron chi connectivity index (χ1n) is 7.96. The summed E-state index contributed by atoms with van der Waals surface area (Å²) in [6.45, 7) is 2.38. The van der Waals surface area contributed by atoms with Crippen molar-refractivity contribution in [3.63, 3.8) is 0 Å². The van der Waals surface area contributed by atoms with Crippen LogP contribution in [-0.2, 0) is 20.9 Å².